The van der Waals surface area contributed by atoms with Crippen LogP contribution in [0, 0.1) is 0 Å². The lowest BCUT2D eigenvalue weighted by atomic mass is 10.3. The fourth-order valence-electron chi connectivity index (χ4n) is 2.17. The topological polar surface area (TPSA) is 83.1 Å². The maximum absolute atomic E-state index is 11.3. The molecule has 2 N–H and O–H groups in total. The highest BCUT2D eigenvalue weighted by molar-refractivity contribution is 5.74. The quantitative estimate of drug-likeness (QED) is 0.821. The SMILES string of the molecule is O=c1ccc2cnc(NCCN3CCOCC3)nc2[nH]1. The Labute approximate surface area is 116 Å². The van der Waals surface area contributed by atoms with E-state index in [4.69, 9.17) is 4.74 Å². The Bertz CT molecular complexity index is 636. The summed E-state index contributed by atoms with van der Waals surface area (Å²) in [6.45, 7) is 5.22. The van der Waals surface area contributed by atoms with E-state index in [0.717, 1.165) is 44.8 Å². The molecule has 1 fully saturated rings. The molecule has 0 bridgehead atoms. The van der Waals surface area contributed by atoms with Gasteiger partial charge in [-0.2, -0.15) is 4.98 Å². The Morgan fingerprint density at radius 3 is 3.05 bits per heavy atom. The number of nitrogens with one attached hydrogen (secondary N) is 2. The zero-order chi connectivity index (χ0) is 13.8. The van der Waals surface area contributed by atoms with Gasteiger partial charge < -0.3 is 15.0 Å². The molecule has 0 aliphatic carbocycles. The molecule has 3 rings (SSSR count). The summed E-state index contributed by atoms with van der Waals surface area (Å²) in [5, 5.41) is 4.00. The van der Waals surface area contributed by atoms with E-state index in [2.05, 4.69) is 25.2 Å². The minimum Gasteiger partial charge on any atom is -0.379 e. The second-order valence-corrected chi connectivity index (χ2v) is 4.70. The number of fused-ring (bicyclic) bond motifs is 1. The third-order valence-electron chi connectivity index (χ3n) is 3.29. The van der Waals surface area contributed by atoms with Crippen LogP contribution in [0.25, 0.3) is 11.0 Å². The van der Waals surface area contributed by atoms with Crippen LogP contribution in [0.4, 0.5) is 5.95 Å². The molecular weight excluding hydrogens is 258 g/mol. The van der Waals surface area contributed by atoms with Gasteiger partial charge in [0.25, 0.3) is 0 Å². The van der Waals surface area contributed by atoms with Crippen LogP contribution in [0.5, 0.6) is 0 Å². The first-order chi connectivity index (χ1) is 9.81. The number of aromatic amines is 1. The largest absolute Gasteiger partial charge is 0.379 e. The molecule has 1 aliphatic rings. The van der Waals surface area contributed by atoms with Crippen molar-refractivity contribution in [1.82, 2.24) is 19.9 Å². The summed E-state index contributed by atoms with van der Waals surface area (Å²) in [5.74, 6) is 0.535. The molecule has 0 spiro atoms. The lowest BCUT2D eigenvalue weighted by Gasteiger charge is -2.26. The van der Waals surface area contributed by atoms with Crippen molar-refractivity contribution < 1.29 is 4.74 Å². The van der Waals surface area contributed by atoms with E-state index in [0.29, 0.717) is 11.6 Å². The lowest BCUT2D eigenvalue weighted by molar-refractivity contribution is 0.0398. The molecular formula is C13H17N5O2. The number of rotatable bonds is 4. The number of ether oxygens (including phenoxy) is 1. The van der Waals surface area contributed by atoms with Crippen LogP contribution in [-0.4, -0.2) is 59.2 Å². The third-order valence-corrected chi connectivity index (χ3v) is 3.29. The number of hydrogen-bond acceptors (Lipinski definition) is 6. The molecule has 0 radical (unpaired) electrons. The monoisotopic (exact) mass is 275 g/mol. The van der Waals surface area contributed by atoms with E-state index in [1.807, 2.05) is 0 Å². The van der Waals surface area contributed by atoms with Crippen LogP contribution in [0.2, 0.25) is 0 Å². The first-order valence-electron chi connectivity index (χ1n) is 6.71. The average Bonchev–Trinajstić information content (AvgIpc) is 2.48. The molecule has 0 atom stereocenters. The highest BCUT2D eigenvalue weighted by Crippen LogP contribution is 2.07. The Morgan fingerprint density at radius 1 is 1.35 bits per heavy atom. The van der Waals surface area contributed by atoms with Crippen LogP contribution >= 0.6 is 0 Å². The first kappa shape index (κ1) is 13.0. The molecule has 7 nitrogen and oxygen atoms in total. The molecule has 1 aliphatic heterocycles. The average molecular weight is 275 g/mol. The third kappa shape index (κ3) is 3.12. The van der Waals surface area contributed by atoms with Gasteiger partial charge >= 0.3 is 0 Å². The smallest absolute Gasteiger partial charge is 0.249 e. The van der Waals surface area contributed by atoms with Gasteiger partial charge in [-0.05, 0) is 6.07 Å². The maximum Gasteiger partial charge on any atom is 0.249 e. The van der Waals surface area contributed by atoms with E-state index >= 15 is 0 Å². The Hall–Kier alpha value is -1.99. The van der Waals surface area contributed by atoms with Crippen LogP contribution < -0.4 is 10.9 Å². The van der Waals surface area contributed by atoms with Gasteiger partial charge in [0.1, 0.15) is 5.65 Å². The predicted octanol–water partition coefficient (Wildman–Crippen LogP) is 0.0622. The Balaban J connectivity index is 1.60. The maximum atomic E-state index is 11.3. The number of morpholine rings is 1. The Morgan fingerprint density at radius 2 is 2.20 bits per heavy atom. The van der Waals surface area contributed by atoms with Gasteiger partial charge in [-0.15, -0.1) is 0 Å². The van der Waals surface area contributed by atoms with E-state index in [-0.39, 0.29) is 5.56 Å². The van der Waals surface area contributed by atoms with E-state index in [9.17, 15) is 4.79 Å². The minimum absolute atomic E-state index is 0.157. The number of nitrogens with zero attached hydrogens (tertiary/aromatic N) is 3. The summed E-state index contributed by atoms with van der Waals surface area (Å²) in [4.78, 5) is 24.8. The number of anilines is 1. The molecule has 3 heterocycles. The van der Waals surface area contributed by atoms with Crippen molar-refractivity contribution in [1.29, 1.82) is 0 Å². The van der Waals surface area contributed by atoms with E-state index in [1.54, 1.807) is 12.3 Å². The normalized spacial score (nSPS) is 16.4. The van der Waals surface area contributed by atoms with E-state index < -0.39 is 0 Å². The van der Waals surface area contributed by atoms with E-state index in [1.165, 1.54) is 6.07 Å². The highest BCUT2D eigenvalue weighted by Gasteiger charge is 2.09. The van der Waals surface area contributed by atoms with Crippen molar-refractivity contribution in [3.8, 4) is 0 Å². The number of hydrogen-bond donors (Lipinski definition) is 2. The molecule has 2 aromatic heterocycles. The van der Waals surface area contributed by atoms with Gasteiger partial charge in [-0.25, -0.2) is 4.98 Å². The van der Waals surface area contributed by atoms with Crippen molar-refractivity contribution in [3.63, 3.8) is 0 Å². The number of aromatic nitrogens is 3. The molecule has 7 heteroatoms. The zero-order valence-electron chi connectivity index (χ0n) is 11.1. The second kappa shape index (κ2) is 5.98. The number of H-pyrrole nitrogens is 1. The van der Waals surface area contributed by atoms with Crippen LogP contribution in [-0.2, 0) is 4.74 Å². The van der Waals surface area contributed by atoms with Crippen molar-refractivity contribution in [2.75, 3.05) is 44.7 Å². The van der Waals surface area contributed by atoms with Gasteiger partial charge in [0.2, 0.25) is 11.5 Å². The Kier molecular flexibility index (Phi) is 3.89. The fourth-order valence-corrected chi connectivity index (χ4v) is 2.17. The molecule has 106 valence electrons. The molecule has 0 unspecified atom stereocenters. The summed E-state index contributed by atoms with van der Waals surface area (Å²) < 4.78 is 5.30. The van der Waals surface area contributed by atoms with Gasteiger partial charge in [0.05, 0.1) is 13.2 Å². The lowest BCUT2D eigenvalue weighted by Crippen LogP contribution is -2.39. The zero-order valence-corrected chi connectivity index (χ0v) is 11.1. The number of pyridine rings is 1. The molecule has 20 heavy (non-hydrogen) atoms. The molecule has 0 aromatic carbocycles. The van der Waals surface area contributed by atoms with Crippen molar-refractivity contribution in [2.24, 2.45) is 0 Å². The summed E-state index contributed by atoms with van der Waals surface area (Å²) in [6.07, 6.45) is 1.70. The fraction of sp³-hybridized carbons (Fsp3) is 0.462. The molecule has 0 saturated carbocycles. The summed E-state index contributed by atoms with van der Waals surface area (Å²) in [5.41, 5.74) is 0.400. The van der Waals surface area contributed by atoms with Crippen molar-refractivity contribution >= 4 is 17.0 Å². The summed E-state index contributed by atoms with van der Waals surface area (Å²) >= 11 is 0. The molecule has 2 aromatic rings. The first-order valence-corrected chi connectivity index (χ1v) is 6.71. The summed E-state index contributed by atoms with van der Waals surface area (Å²) in [7, 11) is 0. The summed E-state index contributed by atoms with van der Waals surface area (Å²) in [6, 6.07) is 3.18. The highest BCUT2D eigenvalue weighted by atomic mass is 16.5. The van der Waals surface area contributed by atoms with Crippen LogP contribution in [0.15, 0.2) is 23.1 Å². The van der Waals surface area contributed by atoms with Crippen molar-refractivity contribution in [2.45, 2.75) is 0 Å². The second-order valence-electron chi connectivity index (χ2n) is 4.70. The van der Waals surface area contributed by atoms with Gasteiger partial charge in [-0.1, -0.05) is 0 Å². The predicted molar refractivity (Wildman–Crippen MR) is 75.9 cm³/mol. The van der Waals surface area contributed by atoms with Gasteiger partial charge in [0, 0.05) is 43.8 Å². The van der Waals surface area contributed by atoms with Crippen molar-refractivity contribution in [3.05, 3.63) is 28.7 Å². The molecule has 0 amide bonds. The van der Waals surface area contributed by atoms with Crippen LogP contribution in [0.3, 0.4) is 0 Å². The molecule has 1 saturated heterocycles. The minimum atomic E-state index is -0.157. The standard InChI is InChI=1S/C13H17N5O2/c19-11-2-1-10-9-15-13(17-12(10)16-11)14-3-4-18-5-7-20-8-6-18/h1-2,9H,3-8H2,(H2,14,15,16,17,19). The van der Waals surface area contributed by atoms with Gasteiger partial charge in [0.15, 0.2) is 0 Å². The van der Waals surface area contributed by atoms with Gasteiger partial charge in [-0.3, -0.25) is 9.69 Å². The van der Waals surface area contributed by atoms with Crippen LogP contribution in [0.1, 0.15) is 0 Å².